The lowest BCUT2D eigenvalue weighted by molar-refractivity contribution is -0.130. The molecule has 39 heavy (non-hydrogen) atoms. The maximum Gasteiger partial charge on any atom is 0.338 e. The molecule has 0 aliphatic heterocycles. The minimum atomic E-state index is -0.403. The summed E-state index contributed by atoms with van der Waals surface area (Å²) in [5.74, 6) is 0.133. The summed E-state index contributed by atoms with van der Waals surface area (Å²) in [6.45, 7) is 5.26. The van der Waals surface area contributed by atoms with Crippen LogP contribution in [-0.2, 0) is 17.6 Å². The van der Waals surface area contributed by atoms with Gasteiger partial charge in [0.15, 0.2) is 0 Å². The third kappa shape index (κ3) is 6.52. The third-order valence-electron chi connectivity index (χ3n) is 6.63. The van der Waals surface area contributed by atoms with Crippen LogP contribution in [0, 0.1) is 0 Å². The van der Waals surface area contributed by atoms with Gasteiger partial charge in [-0.1, -0.05) is 91.5 Å². The second kappa shape index (κ2) is 12.1. The fourth-order valence-electron chi connectivity index (χ4n) is 4.48. The van der Waals surface area contributed by atoms with Crippen LogP contribution in [0.1, 0.15) is 18.1 Å². The summed E-state index contributed by atoms with van der Waals surface area (Å²) in [4.78, 5) is 14.0. The molecule has 0 unspecified atom stereocenters. The van der Waals surface area contributed by atoms with E-state index in [-0.39, 0.29) is 0 Å². The Hall–Kier alpha value is -4.89. The Morgan fingerprint density at radius 3 is 1.56 bits per heavy atom. The highest BCUT2D eigenvalue weighted by Crippen LogP contribution is 2.35. The van der Waals surface area contributed by atoms with Crippen LogP contribution in [0.25, 0.3) is 11.1 Å². The van der Waals surface area contributed by atoms with Crippen molar-refractivity contribution in [1.29, 1.82) is 0 Å². The van der Waals surface area contributed by atoms with Gasteiger partial charge in [0, 0.05) is 22.6 Å². The Morgan fingerprint density at radius 1 is 0.590 bits per heavy atom. The fraction of sp³-hybridized carbons (Fsp3) is 0.0833. The highest BCUT2D eigenvalue weighted by atomic mass is 16.5. The van der Waals surface area contributed by atoms with Crippen molar-refractivity contribution in [1.82, 2.24) is 0 Å². The number of hydrogen-bond acceptors (Lipinski definition) is 3. The molecule has 0 bridgehead atoms. The average Bonchev–Trinajstić information content (AvgIpc) is 2.99. The largest absolute Gasteiger partial charge is 0.423 e. The zero-order valence-corrected chi connectivity index (χ0v) is 22.1. The van der Waals surface area contributed by atoms with Gasteiger partial charge in [0.1, 0.15) is 5.75 Å². The molecule has 5 aromatic carbocycles. The number of rotatable bonds is 9. The number of esters is 1. The highest BCUT2D eigenvalue weighted by molar-refractivity contribution is 5.88. The summed E-state index contributed by atoms with van der Waals surface area (Å²) < 4.78 is 5.29. The van der Waals surface area contributed by atoms with Crippen molar-refractivity contribution in [3.8, 4) is 16.9 Å². The number of hydrogen-bond donors (Lipinski definition) is 0. The van der Waals surface area contributed by atoms with Crippen LogP contribution in [0.5, 0.6) is 5.75 Å². The van der Waals surface area contributed by atoms with Gasteiger partial charge in [-0.25, -0.2) is 4.79 Å². The van der Waals surface area contributed by atoms with E-state index in [1.54, 1.807) is 6.92 Å². The third-order valence-corrected chi connectivity index (χ3v) is 6.63. The van der Waals surface area contributed by atoms with E-state index < -0.39 is 5.97 Å². The van der Waals surface area contributed by atoms with Crippen molar-refractivity contribution < 1.29 is 9.53 Å². The van der Waals surface area contributed by atoms with E-state index in [0.717, 1.165) is 29.9 Å². The molecule has 0 heterocycles. The molecule has 5 rings (SSSR count). The summed E-state index contributed by atoms with van der Waals surface area (Å²) >= 11 is 0. The quantitative estimate of drug-likeness (QED) is 0.113. The molecule has 0 aromatic heterocycles. The summed E-state index contributed by atoms with van der Waals surface area (Å²) in [6.07, 6.45) is 1.82. The lowest BCUT2D eigenvalue weighted by Crippen LogP contribution is -2.09. The molecule has 0 saturated carbocycles. The monoisotopic (exact) mass is 509 g/mol. The highest BCUT2D eigenvalue weighted by Gasteiger charge is 2.13. The lowest BCUT2D eigenvalue weighted by atomic mass is 10.0. The van der Waals surface area contributed by atoms with Crippen LogP contribution in [-0.4, -0.2) is 5.97 Å². The Bertz CT molecular complexity index is 1520. The molecule has 0 spiro atoms. The zero-order chi connectivity index (χ0) is 27.0. The number of benzene rings is 5. The first-order valence-electron chi connectivity index (χ1n) is 13.1. The number of anilines is 3. The van der Waals surface area contributed by atoms with Crippen molar-refractivity contribution in [2.24, 2.45) is 0 Å². The van der Waals surface area contributed by atoms with Crippen LogP contribution < -0.4 is 9.64 Å². The predicted molar refractivity (Wildman–Crippen MR) is 161 cm³/mol. The van der Waals surface area contributed by atoms with Crippen molar-refractivity contribution in [2.45, 2.75) is 19.8 Å². The van der Waals surface area contributed by atoms with Gasteiger partial charge in [0.2, 0.25) is 0 Å². The zero-order valence-electron chi connectivity index (χ0n) is 22.1. The maximum absolute atomic E-state index is 11.7. The molecule has 0 atom stereocenters. The topological polar surface area (TPSA) is 29.5 Å². The van der Waals surface area contributed by atoms with Crippen molar-refractivity contribution in [3.05, 3.63) is 157 Å². The van der Waals surface area contributed by atoms with Crippen molar-refractivity contribution in [3.63, 3.8) is 0 Å². The minimum absolute atomic E-state index is 0.387. The molecule has 0 saturated heterocycles. The molecule has 0 aliphatic rings. The Balaban J connectivity index is 1.30. The number of nitrogens with zero attached hydrogens (tertiary/aromatic N) is 1. The Morgan fingerprint density at radius 2 is 1.03 bits per heavy atom. The van der Waals surface area contributed by atoms with Crippen LogP contribution in [0.3, 0.4) is 0 Å². The van der Waals surface area contributed by atoms with Gasteiger partial charge in [-0.05, 0) is 90.6 Å². The van der Waals surface area contributed by atoms with Gasteiger partial charge in [-0.15, -0.1) is 0 Å². The Labute approximate surface area is 230 Å². The molecule has 0 N–H and O–H groups in total. The van der Waals surface area contributed by atoms with Gasteiger partial charge in [0.25, 0.3) is 0 Å². The smallest absolute Gasteiger partial charge is 0.338 e. The standard InChI is InChI=1S/C36H31NO2/c1-27(2)36(38)39-35-25-17-29(18-26-35)14-13-28-15-21-33(22-16-28)37(32-11-7-4-8-12-32)34-23-19-31(20-24-34)30-9-5-3-6-10-30/h3-12,15-26H,1,13-14H2,2H3. The average molecular weight is 510 g/mol. The van der Waals surface area contributed by atoms with Gasteiger partial charge in [-0.3, -0.25) is 0 Å². The first kappa shape index (κ1) is 25.7. The molecular weight excluding hydrogens is 478 g/mol. The van der Waals surface area contributed by atoms with E-state index >= 15 is 0 Å². The summed E-state index contributed by atoms with van der Waals surface area (Å²) in [7, 11) is 0. The second-order valence-corrected chi connectivity index (χ2v) is 9.56. The van der Waals surface area contributed by atoms with E-state index in [1.807, 2.05) is 36.4 Å². The van der Waals surface area contributed by atoms with Crippen LogP contribution in [0.2, 0.25) is 0 Å². The predicted octanol–water partition coefficient (Wildman–Crippen LogP) is 9.09. The van der Waals surface area contributed by atoms with E-state index in [1.165, 1.54) is 22.3 Å². The SMILES string of the molecule is C=C(C)C(=O)Oc1ccc(CCc2ccc(N(c3ccccc3)c3ccc(-c4ccccc4)cc3)cc2)cc1. The van der Waals surface area contributed by atoms with E-state index in [0.29, 0.717) is 11.3 Å². The summed E-state index contributed by atoms with van der Waals surface area (Å²) in [6, 6.07) is 46.1. The van der Waals surface area contributed by atoms with E-state index in [2.05, 4.69) is 109 Å². The number of aryl methyl sites for hydroxylation is 2. The van der Waals surface area contributed by atoms with Gasteiger partial charge < -0.3 is 9.64 Å². The lowest BCUT2D eigenvalue weighted by Gasteiger charge is -2.26. The molecular formula is C36H31NO2. The molecule has 3 heteroatoms. The molecule has 0 amide bonds. The molecule has 0 aliphatic carbocycles. The molecule has 0 fully saturated rings. The molecule has 3 nitrogen and oxygen atoms in total. The molecule has 192 valence electrons. The van der Waals surface area contributed by atoms with Gasteiger partial charge in [0.05, 0.1) is 0 Å². The number of carbonyl (C=O) groups is 1. The normalized spacial score (nSPS) is 10.6. The maximum atomic E-state index is 11.7. The van der Waals surface area contributed by atoms with Crippen LogP contribution >= 0.6 is 0 Å². The Kier molecular flexibility index (Phi) is 7.99. The van der Waals surface area contributed by atoms with Crippen molar-refractivity contribution >= 4 is 23.0 Å². The molecule has 5 aromatic rings. The fourth-order valence-corrected chi connectivity index (χ4v) is 4.48. The van der Waals surface area contributed by atoms with Gasteiger partial charge in [-0.2, -0.15) is 0 Å². The number of carbonyl (C=O) groups excluding carboxylic acids is 1. The van der Waals surface area contributed by atoms with Crippen LogP contribution in [0.15, 0.2) is 146 Å². The molecule has 0 radical (unpaired) electrons. The van der Waals surface area contributed by atoms with E-state index in [4.69, 9.17) is 4.74 Å². The second-order valence-electron chi connectivity index (χ2n) is 9.56. The summed E-state index contributed by atoms with van der Waals surface area (Å²) in [5, 5.41) is 0. The first-order chi connectivity index (χ1) is 19.1. The summed E-state index contributed by atoms with van der Waals surface area (Å²) in [5.41, 5.74) is 8.60. The number of ether oxygens (including phenoxy) is 1. The van der Waals surface area contributed by atoms with Gasteiger partial charge >= 0.3 is 5.97 Å². The van der Waals surface area contributed by atoms with E-state index in [9.17, 15) is 4.79 Å². The number of para-hydroxylation sites is 1. The van der Waals surface area contributed by atoms with Crippen molar-refractivity contribution in [2.75, 3.05) is 4.90 Å². The van der Waals surface area contributed by atoms with Crippen LogP contribution in [0.4, 0.5) is 17.1 Å². The minimum Gasteiger partial charge on any atom is -0.423 e. The first-order valence-corrected chi connectivity index (χ1v) is 13.1.